The van der Waals surface area contributed by atoms with Gasteiger partial charge >= 0.3 is 0 Å². The quantitative estimate of drug-likeness (QED) is 0.597. The molecule has 0 aliphatic rings. The van der Waals surface area contributed by atoms with Crippen molar-refractivity contribution in [2.24, 2.45) is 0 Å². The van der Waals surface area contributed by atoms with E-state index in [9.17, 15) is 0 Å². The topological polar surface area (TPSA) is 38.7 Å². The van der Waals surface area contributed by atoms with Gasteiger partial charge in [0.05, 0.1) is 5.52 Å². The first kappa shape index (κ1) is 13.5. The van der Waals surface area contributed by atoms with Gasteiger partial charge in [0.25, 0.3) is 0 Å². The number of hydrogen-bond donors (Lipinski definition) is 0. The molecule has 0 unspecified atom stereocenters. The van der Waals surface area contributed by atoms with Crippen molar-refractivity contribution in [1.82, 2.24) is 15.0 Å². The van der Waals surface area contributed by atoms with Gasteiger partial charge in [-0.2, -0.15) is 0 Å². The number of hydrogen-bond acceptors (Lipinski definition) is 3. The second-order valence-corrected chi connectivity index (χ2v) is 5.76. The molecule has 3 aromatic rings. The Hall–Kier alpha value is -1.52. The number of benzene rings is 1. The average Bonchev–Trinajstić information content (AvgIpc) is 2.45. The van der Waals surface area contributed by atoms with E-state index in [1.54, 1.807) is 6.20 Å². The fourth-order valence-electron chi connectivity index (χ4n) is 2.03. The van der Waals surface area contributed by atoms with Crippen LogP contribution in [-0.4, -0.2) is 15.0 Å². The molecule has 0 fully saturated rings. The molecule has 0 radical (unpaired) electrons. The summed E-state index contributed by atoms with van der Waals surface area (Å²) in [6, 6.07) is 7.86. The Kier molecular flexibility index (Phi) is 3.44. The van der Waals surface area contributed by atoms with Crippen LogP contribution in [0.25, 0.3) is 22.3 Å². The van der Waals surface area contributed by atoms with Crippen LogP contribution in [0, 0.1) is 13.8 Å². The molecule has 0 bridgehead atoms. The lowest BCUT2D eigenvalue weighted by Crippen LogP contribution is -1.97. The zero-order valence-corrected chi connectivity index (χ0v) is 13.3. The van der Waals surface area contributed by atoms with Crippen molar-refractivity contribution < 1.29 is 0 Å². The summed E-state index contributed by atoms with van der Waals surface area (Å²) < 4.78 is 0.999. The molecule has 0 aliphatic carbocycles. The fraction of sp³-hybridized carbons (Fsp3) is 0.133. The SMILES string of the molecule is Cc1nc(-c2ccc(Br)c3cccnc23)nc(Cl)c1C. The minimum atomic E-state index is 0.486. The van der Waals surface area contributed by atoms with E-state index in [-0.39, 0.29) is 0 Å². The van der Waals surface area contributed by atoms with Gasteiger partial charge in [0.1, 0.15) is 5.15 Å². The lowest BCUT2D eigenvalue weighted by atomic mass is 10.1. The van der Waals surface area contributed by atoms with Crippen molar-refractivity contribution in [2.45, 2.75) is 13.8 Å². The van der Waals surface area contributed by atoms with Crippen molar-refractivity contribution in [1.29, 1.82) is 0 Å². The Morgan fingerprint density at radius 1 is 1.10 bits per heavy atom. The van der Waals surface area contributed by atoms with Crippen LogP contribution < -0.4 is 0 Å². The highest BCUT2D eigenvalue weighted by Gasteiger charge is 2.12. The molecule has 0 aliphatic heterocycles. The first-order chi connectivity index (χ1) is 9.58. The number of fused-ring (bicyclic) bond motifs is 1. The predicted octanol–water partition coefficient (Wildman–Crippen LogP) is 4.72. The van der Waals surface area contributed by atoms with Gasteiger partial charge < -0.3 is 0 Å². The standard InChI is InChI=1S/C15H11BrClN3/c1-8-9(2)19-15(20-14(8)17)11-5-6-12(16)10-4-3-7-18-13(10)11/h3-7H,1-2H3. The fourth-order valence-corrected chi connectivity index (χ4v) is 2.70. The first-order valence-electron chi connectivity index (χ1n) is 6.12. The molecule has 0 saturated heterocycles. The van der Waals surface area contributed by atoms with Crippen molar-refractivity contribution in [3.63, 3.8) is 0 Å². The molecular formula is C15H11BrClN3. The third-order valence-electron chi connectivity index (χ3n) is 3.29. The summed E-state index contributed by atoms with van der Waals surface area (Å²) in [5, 5.41) is 1.52. The van der Waals surface area contributed by atoms with E-state index >= 15 is 0 Å². The number of nitrogens with zero attached hydrogens (tertiary/aromatic N) is 3. The lowest BCUT2D eigenvalue weighted by Gasteiger charge is -2.09. The molecule has 0 N–H and O–H groups in total. The lowest BCUT2D eigenvalue weighted by molar-refractivity contribution is 1.07. The number of pyridine rings is 1. The Morgan fingerprint density at radius 3 is 2.65 bits per heavy atom. The summed E-state index contributed by atoms with van der Waals surface area (Å²) in [6.45, 7) is 3.85. The predicted molar refractivity (Wildman–Crippen MR) is 85.0 cm³/mol. The van der Waals surface area contributed by atoms with Gasteiger partial charge in [-0.1, -0.05) is 33.6 Å². The third-order valence-corrected chi connectivity index (χ3v) is 4.35. The normalized spacial score (nSPS) is 11.0. The van der Waals surface area contributed by atoms with E-state index in [0.29, 0.717) is 11.0 Å². The van der Waals surface area contributed by atoms with E-state index in [2.05, 4.69) is 30.9 Å². The summed E-state index contributed by atoms with van der Waals surface area (Å²) >= 11 is 9.71. The van der Waals surface area contributed by atoms with Gasteiger partial charge in [0.15, 0.2) is 5.82 Å². The first-order valence-corrected chi connectivity index (χ1v) is 7.29. The van der Waals surface area contributed by atoms with Crippen molar-refractivity contribution >= 4 is 38.4 Å². The van der Waals surface area contributed by atoms with Crippen molar-refractivity contribution in [2.75, 3.05) is 0 Å². The molecular weight excluding hydrogens is 338 g/mol. The molecule has 2 aromatic heterocycles. The molecule has 100 valence electrons. The minimum absolute atomic E-state index is 0.486. The Balaban J connectivity index is 2.33. The molecule has 2 heterocycles. The summed E-state index contributed by atoms with van der Waals surface area (Å²) in [5.41, 5.74) is 3.53. The molecule has 0 amide bonds. The van der Waals surface area contributed by atoms with Crippen LogP contribution in [0.4, 0.5) is 0 Å². The third kappa shape index (κ3) is 2.19. The summed E-state index contributed by atoms with van der Waals surface area (Å²) in [7, 11) is 0. The highest BCUT2D eigenvalue weighted by molar-refractivity contribution is 9.10. The Labute approximate surface area is 130 Å². The maximum atomic E-state index is 6.17. The molecule has 0 atom stereocenters. The summed E-state index contributed by atoms with van der Waals surface area (Å²) in [4.78, 5) is 13.4. The molecule has 20 heavy (non-hydrogen) atoms. The van der Waals surface area contributed by atoms with E-state index < -0.39 is 0 Å². The van der Waals surface area contributed by atoms with Crippen LogP contribution >= 0.6 is 27.5 Å². The van der Waals surface area contributed by atoms with E-state index in [1.165, 1.54) is 0 Å². The average molecular weight is 349 g/mol. The number of rotatable bonds is 1. The second kappa shape index (κ2) is 5.11. The van der Waals surface area contributed by atoms with Gasteiger partial charge in [0.2, 0.25) is 0 Å². The number of halogens is 2. The maximum Gasteiger partial charge on any atom is 0.163 e. The highest BCUT2D eigenvalue weighted by atomic mass is 79.9. The molecule has 0 spiro atoms. The van der Waals surface area contributed by atoms with E-state index in [4.69, 9.17) is 11.6 Å². The minimum Gasteiger partial charge on any atom is -0.255 e. The molecule has 3 rings (SSSR count). The number of aryl methyl sites for hydroxylation is 1. The zero-order chi connectivity index (χ0) is 14.3. The second-order valence-electron chi connectivity index (χ2n) is 4.54. The van der Waals surface area contributed by atoms with E-state index in [1.807, 2.05) is 38.1 Å². The van der Waals surface area contributed by atoms with Crippen LogP contribution in [-0.2, 0) is 0 Å². The van der Waals surface area contributed by atoms with Gasteiger partial charge in [0, 0.05) is 32.9 Å². The zero-order valence-electron chi connectivity index (χ0n) is 11.0. The molecule has 1 aromatic carbocycles. The van der Waals surface area contributed by atoms with Gasteiger partial charge in [-0.05, 0) is 32.0 Å². The van der Waals surface area contributed by atoms with E-state index in [0.717, 1.165) is 32.2 Å². The smallest absolute Gasteiger partial charge is 0.163 e. The Morgan fingerprint density at radius 2 is 1.90 bits per heavy atom. The van der Waals surface area contributed by atoms with Gasteiger partial charge in [-0.15, -0.1) is 0 Å². The summed E-state index contributed by atoms with van der Waals surface area (Å²) in [5.74, 6) is 0.606. The van der Waals surface area contributed by atoms with Crippen molar-refractivity contribution in [3.05, 3.63) is 51.3 Å². The molecule has 0 saturated carbocycles. The van der Waals surface area contributed by atoms with Crippen LogP contribution in [0.2, 0.25) is 5.15 Å². The van der Waals surface area contributed by atoms with Crippen LogP contribution in [0.15, 0.2) is 34.9 Å². The van der Waals surface area contributed by atoms with Crippen LogP contribution in [0.1, 0.15) is 11.3 Å². The molecule has 5 heteroatoms. The molecule has 3 nitrogen and oxygen atoms in total. The summed E-state index contributed by atoms with van der Waals surface area (Å²) in [6.07, 6.45) is 1.76. The Bertz CT molecular complexity index is 794. The van der Waals surface area contributed by atoms with Crippen LogP contribution in [0.3, 0.4) is 0 Å². The van der Waals surface area contributed by atoms with Crippen molar-refractivity contribution in [3.8, 4) is 11.4 Å². The number of aromatic nitrogens is 3. The van der Waals surface area contributed by atoms with Gasteiger partial charge in [-0.25, -0.2) is 9.97 Å². The highest BCUT2D eigenvalue weighted by Crippen LogP contribution is 2.31. The maximum absolute atomic E-state index is 6.17. The monoisotopic (exact) mass is 347 g/mol. The van der Waals surface area contributed by atoms with Crippen LogP contribution in [0.5, 0.6) is 0 Å². The van der Waals surface area contributed by atoms with Gasteiger partial charge in [-0.3, -0.25) is 4.98 Å². The largest absolute Gasteiger partial charge is 0.255 e.